The van der Waals surface area contributed by atoms with Crippen LogP contribution in [-0.2, 0) is 29.7 Å². The van der Waals surface area contributed by atoms with E-state index < -0.39 is 28.9 Å². The molecule has 1 aromatic carbocycles. The average Bonchev–Trinajstić information content (AvgIpc) is 2.81. The maximum Gasteiger partial charge on any atom is 0.337 e. The zero-order chi connectivity index (χ0) is 22.8. The summed E-state index contributed by atoms with van der Waals surface area (Å²) in [6, 6.07) is 6.49. The lowest BCUT2D eigenvalue weighted by Crippen LogP contribution is -2.42. The minimum Gasteiger partial charge on any atom is -0.473 e. The van der Waals surface area contributed by atoms with Crippen molar-refractivity contribution in [2.45, 2.75) is 13.2 Å². The average molecular weight is 441 g/mol. The largest absolute Gasteiger partial charge is 0.473 e. The molecule has 0 spiro atoms. The van der Waals surface area contributed by atoms with Crippen molar-refractivity contribution in [3.8, 4) is 5.88 Å². The Labute approximate surface area is 180 Å². The lowest BCUT2D eigenvalue weighted by atomic mass is 10.1. The molecule has 0 atom stereocenters. The molecule has 10 heteroatoms. The molecule has 0 radical (unpaired) electrons. The van der Waals surface area contributed by atoms with Gasteiger partial charge in [0.25, 0.3) is 5.56 Å². The maximum atomic E-state index is 13.5. The van der Waals surface area contributed by atoms with Gasteiger partial charge in [0.05, 0.1) is 12.1 Å². The second-order valence-electron chi connectivity index (χ2n) is 7.09. The molecule has 3 aromatic rings. The van der Waals surface area contributed by atoms with E-state index in [9.17, 15) is 23.2 Å². The number of carbonyl (C=O) groups is 1. The van der Waals surface area contributed by atoms with Gasteiger partial charge >= 0.3 is 11.7 Å². The molecule has 3 heterocycles. The van der Waals surface area contributed by atoms with Crippen molar-refractivity contribution < 1.29 is 23.0 Å². The van der Waals surface area contributed by atoms with Crippen LogP contribution in [0.25, 0.3) is 6.08 Å². The highest BCUT2D eigenvalue weighted by atomic mass is 19.2. The number of fused-ring (bicyclic) bond motifs is 1. The monoisotopic (exact) mass is 441 g/mol. The summed E-state index contributed by atoms with van der Waals surface area (Å²) in [5, 5.41) is 0. The second kappa shape index (κ2) is 8.58. The standard InChI is InChI=1S/C22H17F2N3O5/c1-26-20-16(9-15(12-31-20)21(29)32-11-13-4-6-25-7-5-13)19(28)27(22(26)30)10-14-2-3-17(23)18(24)8-14/h2-9H,10-12H2,1H3. The summed E-state index contributed by atoms with van der Waals surface area (Å²) in [4.78, 5) is 42.0. The molecule has 0 bridgehead atoms. The normalized spacial score (nSPS) is 12.5. The van der Waals surface area contributed by atoms with Crippen molar-refractivity contribution in [3.05, 3.63) is 97.5 Å². The smallest absolute Gasteiger partial charge is 0.337 e. The number of aromatic nitrogens is 3. The molecule has 8 nitrogen and oxygen atoms in total. The van der Waals surface area contributed by atoms with Crippen LogP contribution in [0.2, 0.25) is 0 Å². The predicted octanol–water partition coefficient (Wildman–Crippen LogP) is 1.79. The van der Waals surface area contributed by atoms with Gasteiger partial charge in [-0.1, -0.05) is 6.07 Å². The van der Waals surface area contributed by atoms with Crippen LogP contribution in [0.5, 0.6) is 5.88 Å². The SMILES string of the molecule is Cn1c2c(c(=O)n(Cc3ccc(F)c(F)c3)c1=O)C=C(C(=O)OCc1ccncc1)CO2. The van der Waals surface area contributed by atoms with Crippen LogP contribution in [-0.4, -0.2) is 26.7 Å². The summed E-state index contributed by atoms with van der Waals surface area (Å²) in [5.74, 6) is -2.79. The number of hydrogen-bond acceptors (Lipinski definition) is 6. The number of pyridine rings is 1. The van der Waals surface area contributed by atoms with Gasteiger partial charge in [0.15, 0.2) is 11.6 Å². The highest BCUT2D eigenvalue weighted by Crippen LogP contribution is 2.22. The Hall–Kier alpha value is -4.08. The van der Waals surface area contributed by atoms with Crippen molar-refractivity contribution in [1.29, 1.82) is 0 Å². The van der Waals surface area contributed by atoms with E-state index in [1.165, 1.54) is 19.2 Å². The molecule has 1 aliphatic rings. The van der Waals surface area contributed by atoms with E-state index in [1.807, 2.05) is 0 Å². The molecule has 0 saturated heterocycles. The molecular formula is C22H17F2N3O5. The van der Waals surface area contributed by atoms with Gasteiger partial charge in [-0.05, 0) is 41.5 Å². The summed E-state index contributed by atoms with van der Waals surface area (Å²) in [6.07, 6.45) is 4.45. The van der Waals surface area contributed by atoms with Gasteiger partial charge < -0.3 is 9.47 Å². The molecule has 1 aliphatic heterocycles. The van der Waals surface area contributed by atoms with E-state index in [1.54, 1.807) is 24.5 Å². The molecule has 4 rings (SSSR count). The van der Waals surface area contributed by atoms with Crippen molar-refractivity contribution in [3.63, 3.8) is 0 Å². The molecule has 0 amide bonds. The van der Waals surface area contributed by atoms with Crippen molar-refractivity contribution in [2.24, 2.45) is 7.05 Å². The Bertz CT molecular complexity index is 1350. The maximum absolute atomic E-state index is 13.5. The summed E-state index contributed by atoms with van der Waals surface area (Å²) in [7, 11) is 1.41. The summed E-state index contributed by atoms with van der Waals surface area (Å²) >= 11 is 0. The van der Waals surface area contributed by atoms with Crippen LogP contribution in [0.4, 0.5) is 8.78 Å². The van der Waals surface area contributed by atoms with Gasteiger partial charge in [0.1, 0.15) is 18.8 Å². The highest BCUT2D eigenvalue weighted by molar-refractivity contribution is 5.95. The molecule has 0 N–H and O–H groups in total. The van der Waals surface area contributed by atoms with Crippen LogP contribution in [0.15, 0.2) is 57.9 Å². The topological polar surface area (TPSA) is 92.4 Å². The Morgan fingerprint density at radius 2 is 1.88 bits per heavy atom. The van der Waals surface area contributed by atoms with Crippen molar-refractivity contribution in [2.75, 3.05) is 6.61 Å². The van der Waals surface area contributed by atoms with Gasteiger partial charge in [-0.2, -0.15) is 0 Å². The van der Waals surface area contributed by atoms with Crippen molar-refractivity contribution in [1.82, 2.24) is 14.1 Å². The van der Waals surface area contributed by atoms with Crippen LogP contribution in [0.3, 0.4) is 0 Å². The summed E-state index contributed by atoms with van der Waals surface area (Å²) < 4.78 is 39.5. The zero-order valence-corrected chi connectivity index (χ0v) is 16.9. The Morgan fingerprint density at radius 3 is 2.59 bits per heavy atom. The lowest BCUT2D eigenvalue weighted by molar-refractivity contribution is -0.140. The third-order valence-electron chi connectivity index (χ3n) is 4.92. The Balaban J connectivity index is 1.65. The third-order valence-corrected chi connectivity index (χ3v) is 4.92. The minimum absolute atomic E-state index is 0.00669. The number of ether oxygens (including phenoxy) is 2. The fourth-order valence-corrected chi connectivity index (χ4v) is 3.23. The first kappa shape index (κ1) is 21.2. The number of nitrogens with zero attached hydrogens (tertiary/aromatic N) is 3. The molecule has 0 aliphatic carbocycles. The summed E-state index contributed by atoms with van der Waals surface area (Å²) in [5.41, 5.74) is -0.385. The van der Waals surface area contributed by atoms with Crippen LogP contribution >= 0.6 is 0 Å². The first-order valence-electron chi connectivity index (χ1n) is 9.52. The van der Waals surface area contributed by atoms with E-state index in [2.05, 4.69) is 4.98 Å². The van der Waals surface area contributed by atoms with Crippen molar-refractivity contribution >= 4 is 12.0 Å². The number of esters is 1. The molecule has 0 unspecified atom stereocenters. The minimum atomic E-state index is -1.09. The van der Waals surface area contributed by atoms with Gasteiger partial charge in [-0.15, -0.1) is 0 Å². The fourth-order valence-electron chi connectivity index (χ4n) is 3.23. The van der Waals surface area contributed by atoms with E-state index in [-0.39, 0.29) is 42.3 Å². The second-order valence-corrected chi connectivity index (χ2v) is 7.09. The highest BCUT2D eigenvalue weighted by Gasteiger charge is 2.25. The first-order valence-corrected chi connectivity index (χ1v) is 9.52. The first-order chi connectivity index (χ1) is 15.3. The van der Waals surface area contributed by atoms with Gasteiger partial charge in [-0.25, -0.2) is 18.4 Å². The Morgan fingerprint density at radius 1 is 1.12 bits per heavy atom. The Kier molecular flexibility index (Phi) is 5.67. The number of halogens is 2. The quantitative estimate of drug-likeness (QED) is 0.561. The van der Waals surface area contributed by atoms with Crippen LogP contribution in [0.1, 0.15) is 16.7 Å². The molecule has 0 fully saturated rings. The lowest BCUT2D eigenvalue weighted by Gasteiger charge is -2.20. The molecule has 164 valence electrons. The predicted molar refractivity (Wildman–Crippen MR) is 109 cm³/mol. The zero-order valence-electron chi connectivity index (χ0n) is 16.9. The molecule has 0 saturated carbocycles. The summed E-state index contributed by atoms with van der Waals surface area (Å²) in [6.45, 7) is -0.451. The van der Waals surface area contributed by atoms with E-state index in [0.29, 0.717) is 0 Å². The third kappa shape index (κ3) is 4.07. The van der Waals surface area contributed by atoms with Crippen LogP contribution in [0, 0.1) is 11.6 Å². The van der Waals surface area contributed by atoms with E-state index >= 15 is 0 Å². The molecule has 2 aromatic heterocycles. The van der Waals surface area contributed by atoms with E-state index in [0.717, 1.165) is 26.8 Å². The van der Waals surface area contributed by atoms with Gasteiger partial charge in [0, 0.05) is 19.4 Å². The van der Waals surface area contributed by atoms with E-state index in [4.69, 9.17) is 9.47 Å². The number of rotatable bonds is 5. The number of hydrogen-bond donors (Lipinski definition) is 0. The van der Waals surface area contributed by atoms with Crippen LogP contribution < -0.4 is 16.0 Å². The van der Waals surface area contributed by atoms with Gasteiger partial charge in [0.2, 0.25) is 5.88 Å². The fraction of sp³-hybridized carbons (Fsp3) is 0.182. The van der Waals surface area contributed by atoms with Gasteiger partial charge in [-0.3, -0.25) is 18.9 Å². The molecule has 32 heavy (non-hydrogen) atoms. The number of benzene rings is 1. The molecular weight excluding hydrogens is 424 g/mol. The number of carbonyl (C=O) groups excluding carboxylic acids is 1.